The Bertz CT molecular complexity index is 849. The fourth-order valence-corrected chi connectivity index (χ4v) is 3.56. The quantitative estimate of drug-likeness (QED) is 0.606. The first-order chi connectivity index (χ1) is 12.1. The van der Waals surface area contributed by atoms with Crippen molar-refractivity contribution in [2.45, 2.75) is 6.42 Å². The molecule has 0 aliphatic heterocycles. The minimum atomic E-state index is -0.179. The van der Waals surface area contributed by atoms with Gasteiger partial charge >= 0.3 is 0 Å². The van der Waals surface area contributed by atoms with E-state index in [4.69, 9.17) is 9.15 Å². The lowest BCUT2D eigenvalue weighted by molar-refractivity contribution is 0.0959. The highest BCUT2D eigenvalue weighted by molar-refractivity contribution is 7.22. The molecule has 0 saturated heterocycles. The lowest BCUT2D eigenvalue weighted by Crippen LogP contribution is -2.33. The number of ether oxygens (including phenoxy) is 1. The molecule has 2 aromatic heterocycles. The van der Waals surface area contributed by atoms with Crippen molar-refractivity contribution in [1.82, 2.24) is 9.88 Å². The average Bonchev–Trinajstić information content (AvgIpc) is 3.26. The maximum Gasteiger partial charge on any atom is 0.295 e. The summed E-state index contributed by atoms with van der Waals surface area (Å²) in [4.78, 5) is 21.3. The zero-order chi connectivity index (χ0) is 17.8. The summed E-state index contributed by atoms with van der Waals surface area (Å²) in [5.41, 5.74) is 0.773. The predicted octanol–water partition coefficient (Wildman–Crippen LogP) is 3.92. The zero-order valence-corrected chi connectivity index (χ0v) is 16.6. The Balaban J connectivity index is 0.00000243. The van der Waals surface area contributed by atoms with E-state index in [0.29, 0.717) is 23.2 Å². The van der Waals surface area contributed by atoms with E-state index in [1.54, 1.807) is 24.1 Å². The van der Waals surface area contributed by atoms with Crippen molar-refractivity contribution in [1.29, 1.82) is 0 Å². The molecule has 1 amide bonds. The van der Waals surface area contributed by atoms with E-state index in [2.05, 4.69) is 9.88 Å². The van der Waals surface area contributed by atoms with E-state index < -0.39 is 0 Å². The van der Waals surface area contributed by atoms with Crippen molar-refractivity contribution in [3.05, 3.63) is 42.4 Å². The molecule has 0 atom stereocenters. The molecule has 0 bridgehead atoms. The molecule has 6 nitrogen and oxygen atoms in total. The number of anilines is 1. The molecule has 8 heteroatoms. The topological polar surface area (TPSA) is 58.8 Å². The highest BCUT2D eigenvalue weighted by atomic mass is 35.5. The Morgan fingerprint density at radius 1 is 1.23 bits per heavy atom. The summed E-state index contributed by atoms with van der Waals surface area (Å²) < 4.78 is 11.7. The number of methoxy groups -OCH3 is 1. The molecule has 0 fully saturated rings. The fraction of sp³-hybridized carbons (Fsp3) is 0.333. The van der Waals surface area contributed by atoms with Crippen molar-refractivity contribution < 1.29 is 13.9 Å². The molecule has 0 spiro atoms. The van der Waals surface area contributed by atoms with Crippen molar-refractivity contribution in [3.63, 3.8) is 0 Å². The summed E-state index contributed by atoms with van der Waals surface area (Å²) in [5.74, 6) is 0.844. The van der Waals surface area contributed by atoms with E-state index in [9.17, 15) is 4.79 Å². The number of aromatic nitrogens is 1. The third-order valence-electron chi connectivity index (χ3n) is 3.79. The second-order valence-electron chi connectivity index (χ2n) is 5.89. The molecule has 2 heterocycles. The molecule has 0 aliphatic rings. The van der Waals surface area contributed by atoms with Gasteiger partial charge in [-0.3, -0.25) is 9.69 Å². The van der Waals surface area contributed by atoms with Crippen molar-refractivity contribution >= 4 is 45.0 Å². The van der Waals surface area contributed by atoms with Crippen LogP contribution in [0.3, 0.4) is 0 Å². The molecule has 3 rings (SSSR count). The number of furan rings is 1. The van der Waals surface area contributed by atoms with Crippen LogP contribution in [-0.2, 0) is 0 Å². The number of para-hydroxylation sites is 1. The number of carbonyl (C=O) groups is 1. The molecule has 0 unspecified atom stereocenters. The molecule has 0 aliphatic carbocycles. The van der Waals surface area contributed by atoms with Gasteiger partial charge in [-0.25, -0.2) is 4.98 Å². The maximum atomic E-state index is 12.9. The fourth-order valence-electron chi connectivity index (χ4n) is 2.55. The van der Waals surface area contributed by atoms with Gasteiger partial charge in [0.25, 0.3) is 5.91 Å². The van der Waals surface area contributed by atoms with Gasteiger partial charge in [-0.15, -0.1) is 12.4 Å². The largest absolute Gasteiger partial charge is 0.494 e. The first-order valence-electron chi connectivity index (χ1n) is 8.04. The van der Waals surface area contributed by atoms with Crippen LogP contribution >= 0.6 is 23.7 Å². The number of fused-ring (bicyclic) bond motifs is 1. The van der Waals surface area contributed by atoms with Crippen LogP contribution in [0.2, 0.25) is 0 Å². The lowest BCUT2D eigenvalue weighted by atomic mass is 10.3. The van der Waals surface area contributed by atoms with Crippen LogP contribution in [0.25, 0.3) is 10.2 Å². The van der Waals surface area contributed by atoms with Crippen LogP contribution in [0.15, 0.2) is 41.0 Å². The van der Waals surface area contributed by atoms with E-state index >= 15 is 0 Å². The first kappa shape index (κ1) is 20.2. The van der Waals surface area contributed by atoms with Gasteiger partial charge in [0.15, 0.2) is 10.9 Å². The third kappa shape index (κ3) is 4.35. The van der Waals surface area contributed by atoms with E-state index in [0.717, 1.165) is 23.2 Å². The summed E-state index contributed by atoms with van der Waals surface area (Å²) >= 11 is 1.48. The minimum absolute atomic E-state index is 0. The van der Waals surface area contributed by atoms with Gasteiger partial charge in [0.2, 0.25) is 0 Å². The Labute approximate surface area is 162 Å². The normalized spacial score (nSPS) is 10.8. The van der Waals surface area contributed by atoms with Crippen LogP contribution in [0.5, 0.6) is 5.75 Å². The molecular formula is C18H22ClN3O3S. The Hall–Kier alpha value is -2.09. The summed E-state index contributed by atoms with van der Waals surface area (Å²) in [6.07, 6.45) is 2.35. The van der Waals surface area contributed by atoms with Gasteiger partial charge in [0.05, 0.1) is 18.1 Å². The van der Waals surface area contributed by atoms with Crippen LogP contribution in [-0.4, -0.2) is 50.1 Å². The number of carbonyl (C=O) groups excluding carboxylic acids is 1. The molecule has 3 aromatic rings. The molecule has 26 heavy (non-hydrogen) atoms. The van der Waals surface area contributed by atoms with Crippen LogP contribution in [0.1, 0.15) is 17.0 Å². The maximum absolute atomic E-state index is 12.9. The Morgan fingerprint density at radius 3 is 2.69 bits per heavy atom. The summed E-state index contributed by atoms with van der Waals surface area (Å²) in [6.45, 7) is 1.45. The standard InChI is InChI=1S/C18H21N3O3S.ClH/c1-20(2)10-6-11-21(17(22)14-8-5-12-24-14)18-19-16-13(23-3)7-4-9-15(16)25-18;/h4-5,7-9,12H,6,10-11H2,1-3H3;1H. The molecule has 0 radical (unpaired) electrons. The van der Waals surface area contributed by atoms with E-state index in [-0.39, 0.29) is 18.3 Å². The van der Waals surface area contributed by atoms with Gasteiger partial charge in [-0.2, -0.15) is 0 Å². The number of hydrogen-bond acceptors (Lipinski definition) is 6. The molecule has 0 saturated carbocycles. The predicted molar refractivity (Wildman–Crippen MR) is 107 cm³/mol. The minimum Gasteiger partial charge on any atom is -0.494 e. The SMILES string of the molecule is COc1cccc2sc(N(CCCN(C)C)C(=O)c3ccco3)nc12.Cl. The average molecular weight is 396 g/mol. The second-order valence-corrected chi connectivity index (χ2v) is 6.90. The van der Waals surface area contributed by atoms with Crippen molar-refractivity contribution in [3.8, 4) is 5.75 Å². The number of hydrogen-bond donors (Lipinski definition) is 0. The van der Waals surface area contributed by atoms with Crippen molar-refractivity contribution in [2.75, 3.05) is 39.2 Å². The highest BCUT2D eigenvalue weighted by Gasteiger charge is 2.23. The lowest BCUT2D eigenvalue weighted by Gasteiger charge is -2.19. The summed E-state index contributed by atoms with van der Waals surface area (Å²) in [5, 5.41) is 0.652. The smallest absolute Gasteiger partial charge is 0.295 e. The molecular weight excluding hydrogens is 374 g/mol. The van der Waals surface area contributed by atoms with Gasteiger partial charge in [0, 0.05) is 6.54 Å². The summed E-state index contributed by atoms with van der Waals surface area (Å²) in [6, 6.07) is 9.17. The first-order valence-corrected chi connectivity index (χ1v) is 8.85. The second kappa shape index (κ2) is 9.02. The van der Waals surface area contributed by atoms with Gasteiger partial charge < -0.3 is 14.1 Å². The van der Waals surface area contributed by atoms with Crippen LogP contribution in [0, 0.1) is 0 Å². The van der Waals surface area contributed by atoms with Crippen molar-refractivity contribution in [2.24, 2.45) is 0 Å². The Morgan fingerprint density at radius 2 is 2.04 bits per heavy atom. The highest BCUT2D eigenvalue weighted by Crippen LogP contribution is 2.34. The number of benzene rings is 1. The van der Waals surface area contributed by atoms with Crippen LogP contribution in [0.4, 0.5) is 5.13 Å². The van der Waals surface area contributed by atoms with Crippen LogP contribution < -0.4 is 9.64 Å². The number of rotatable bonds is 7. The van der Waals surface area contributed by atoms with Gasteiger partial charge in [-0.05, 0) is 51.3 Å². The number of amides is 1. The summed E-state index contributed by atoms with van der Waals surface area (Å²) in [7, 11) is 5.65. The van der Waals surface area contributed by atoms with E-state index in [1.165, 1.54) is 17.6 Å². The van der Waals surface area contributed by atoms with E-state index in [1.807, 2.05) is 32.3 Å². The molecule has 0 N–H and O–H groups in total. The van der Waals surface area contributed by atoms with Gasteiger partial charge in [0.1, 0.15) is 11.3 Å². The Kier molecular flexibility index (Phi) is 7.02. The zero-order valence-electron chi connectivity index (χ0n) is 15.0. The monoisotopic (exact) mass is 395 g/mol. The van der Waals surface area contributed by atoms with Gasteiger partial charge in [-0.1, -0.05) is 17.4 Å². The number of nitrogens with zero attached hydrogens (tertiary/aromatic N) is 3. The molecule has 140 valence electrons. The third-order valence-corrected chi connectivity index (χ3v) is 4.83. The number of halogens is 1. The molecule has 1 aromatic carbocycles. The number of thiazole rings is 1.